The van der Waals surface area contributed by atoms with Gasteiger partial charge in [0.2, 0.25) is 5.91 Å². The van der Waals surface area contributed by atoms with Crippen molar-refractivity contribution in [2.45, 2.75) is 26.7 Å². The maximum absolute atomic E-state index is 12.0. The molecule has 0 spiro atoms. The molecule has 1 N–H and O–H groups in total. The maximum Gasteiger partial charge on any atom is 0.338 e. The highest BCUT2D eigenvalue weighted by atomic mass is 35.5. The number of carbonyl (C=O) groups excluding carboxylic acids is 2. The number of rotatable bonds is 8. The highest BCUT2D eigenvalue weighted by Crippen LogP contribution is 2.24. The van der Waals surface area contributed by atoms with Gasteiger partial charge in [0.15, 0.2) is 0 Å². The fourth-order valence-corrected chi connectivity index (χ4v) is 2.46. The van der Waals surface area contributed by atoms with E-state index in [4.69, 9.17) is 21.1 Å². The Morgan fingerprint density at radius 1 is 1.12 bits per heavy atom. The molecular weight excluding hydrogens is 354 g/mol. The van der Waals surface area contributed by atoms with Crippen molar-refractivity contribution in [3.05, 3.63) is 58.6 Å². The zero-order valence-electron chi connectivity index (χ0n) is 14.9. The molecule has 138 valence electrons. The number of amides is 1. The second-order valence-corrected chi connectivity index (χ2v) is 6.14. The van der Waals surface area contributed by atoms with E-state index in [2.05, 4.69) is 5.32 Å². The molecule has 0 aliphatic carbocycles. The molecule has 0 heterocycles. The summed E-state index contributed by atoms with van der Waals surface area (Å²) in [7, 11) is 0. The van der Waals surface area contributed by atoms with E-state index in [0.717, 1.165) is 5.75 Å². The Hall–Kier alpha value is -2.53. The number of hydrogen-bond donors (Lipinski definition) is 1. The standard InChI is InChI=1S/C20H22ClNO4/c1-3-25-20(24)15-8-11-18(17(21)13-15)22-19(23)5-4-12-26-16-9-6-14(2)7-10-16/h6-11,13H,3-5,12H2,1-2H3,(H,22,23). The lowest BCUT2D eigenvalue weighted by atomic mass is 10.2. The first-order valence-electron chi connectivity index (χ1n) is 8.45. The van der Waals surface area contributed by atoms with Crippen LogP contribution in [0.2, 0.25) is 5.02 Å². The summed E-state index contributed by atoms with van der Waals surface area (Å²) in [6, 6.07) is 12.4. The van der Waals surface area contributed by atoms with Crippen molar-refractivity contribution in [3.63, 3.8) is 0 Å². The first-order chi connectivity index (χ1) is 12.5. The summed E-state index contributed by atoms with van der Waals surface area (Å²) in [5.74, 6) is 0.178. The number of halogens is 1. The number of benzene rings is 2. The fourth-order valence-electron chi connectivity index (χ4n) is 2.23. The summed E-state index contributed by atoms with van der Waals surface area (Å²) >= 11 is 6.12. The van der Waals surface area contributed by atoms with Crippen LogP contribution in [-0.4, -0.2) is 25.1 Å². The molecule has 0 saturated carbocycles. The van der Waals surface area contributed by atoms with Crippen molar-refractivity contribution in [1.29, 1.82) is 0 Å². The van der Waals surface area contributed by atoms with Gasteiger partial charge >= 0.3 is 5.97 Å². The molecule has 0 aliphatic heterocycles. The van der Waals surface area contributed by atoms with E-state index in [-0.39, 0.29) is 5.91 Å². The molecule has 2 rings (SSSR count). The predicted octanol–water partition coefficient (Wildman–Crippen LogP) is 4.62. The molecule has 0 bridgehead atoms. The van der Waals surface area contributed by atoms with Gasteiger partial charge in [-0.3, -0.25) is 4.79 Å². The van der Waals surface area contributed by atoms with E-state index in [1.807, 2.05) is 31.2 Å². The number of aryl methyl sites for hydroxylation is 1. The minimum absolute atomic E-state index is 0.164. The second-order valence-electron chi connectivity index (χ2n) is 5.73. The molecule has 6 heteroatoms. The Labute approximate surface area is 158 Å². The maximum atomic E-state index is 12.0. The molecule has 5 nitrogen and oxygen atoms in total. The van der Waals surface area contributed by atoms with Crippen LogP contribution in [-0.2, 0) is 9.53 Å². The van der Waals surface area contributed by atoms with Gasteiger partial charge in [0.1, 0.15) is 5.75 Å². The minimum Gasteiger partial charge on any atom is -0.494 e. The molecule has 0 atom stereocenters. The predicted molar refractivity (Wildman–Crippen MR) is 102 cm³/mol. The first kappa shape index (κ1) is 19.8. The molecule has 0 unspecified atom stereocenters. The van der Waals surface area contributed by atoms with E-state index in [1.54, 1.807) is 19.1 Å². The van der Waals surface area contributed by atoms with E-state index < -0.39 is 5.97 Å². The van der Waals surface area contributed by atoms with Gasteiger partial charge in [0, 0.05) is 6.42 Å². The Kier molecular flexibility index (Phi) is 7.48. The van der Waals surface area contributed by atoms with Crippen LogP contribution in [0.3, 0.4) is 0 Å². The molecule has 0 saturated heterocycles. The largest absolute Gasteiger partial charge is 0.494 e. The monoisotopic (exact) mass is 375 g/mol. The highest BCUT2D eigenvalue weighted by molar-refractivity contribution is 6.34. The lowest BCUT2D eigenvalue weighted by molar-refractivity contribution is -0.116. The van der Waals surface area contributed by atoms with Crippen LogP contribution in [0.15, 0.2) is 42.5 Å². The number of hydrogen-bond acceptors (Lipinski definition) is 4. The van der Waals surface area contributed by atoms with E-state index in [9.17, 15) is 9.59 Å². The second kappa shape index (κ2) is 9.82. The summed E-state index contributed by atoms with van der Waals surface area (Å²) in [6.45, 7) is 4.49. The molecule has 26 heavy (non-hydrogen) atoms. The van der Waals surface area contributed by atoms with Crippen molar-refractivity contribution in [3.8, 4) is 5.75 Å². The Balaban J connectivity index is 1.78. The van der Waals surface area contributed by atoms with Gasteiger partial charge in [-0.2, -0.15) is 0 Å². The number of ether oxygens (including phenoxy) is 2. The highest BCUT2D eigenvalue weighted by Gasteiger charge is 2.11. The lowest BCUT2D eigenvalue weighted by Gasteiger charge is -2.09. The van der Waals surface area contributed by atoms with Crippen molar-refractivity contribution in [2.24, 2.45) is 0 Å². The van der Waals surface area contributed by atoms with Crippen LogP contribution < -0.4 is 10.1 Å². The Bertz CT molecular complexity index is 759. The van der Waals surface area contributed by atoms with E-state index in [0.29, 0.717) is 42.3 Å². The van der Waals surface area contributed by atoms with Crippen LogP contribution in [0.25, 0.3) is 0 Å². The third kappa shape index (κ3) is 6.08. The molecule has 0 fully saturated rings. The van der Waals surface area contributed by atoms with Crippen LogP contribution in [0.4, 0.5) is 5.69 Å². The SMILES string of the molecule is CCOC(=O)c1ccc(NC(=O)CCCOc2ccc(C)cc2)c(Cl)c1. The molecule has 2 aromatic rings. The van der Waals surface area contributed by atoms with Gasteiger partial charge in [-0.1, -0.05) is 29.3 Å². The van der Waals surface area contributed by atoms with E-state index in [1.165, 1.54) is 11.6 Å². The van der Waals surface area contributed by atoms with Gasteiger partial charge in [-0.05, 0) is 50.6 Å². The topological polar surface area (TPSA) is 64.6 Å². The summed E-state index contributed by atoms with van der Waals surface area (Å²) < 4.78 is 10.5. The summed E-state index contributed by atoms with van der Waals surface area (Å²) in [6.07, 6.45) is 0.889. The van der Waals surface area contributed by atoms with Crippen LogP contribution in [0, 0.1) is 6.92 Å². The van der Waals surface area contributed by atoms with E-state index >= 15 is 0 Å². The zero-order valence-corrected chi connectivity index (χ0v) is 15.6. The fraction of sp³-hybridized carbons (Fsp3) is 0.300. The van der Waals surface area contributed by atoms with Gasteiger partial charge < -0.3 is 14.8 Å². The molecular formula is C20H22ClNO4. The van der Waals surface area contributed by atoms with Gasteiger partial charge in [0.05, 0.1) is 29.5 Å². The number of carbonyl (C=O) groups is 2. The lowest BCUT2D eigenvalue weighted by Crippen LogP contribution is -2.13. The molecule has 0 aromatic heterocycles. The van der Waals surface area contributed by atoms with Crippen LogP contribution in [0.5, 0.6) is 5.75 Å². The normalized spacial score (nSPS) is 10.3. The van der Waals surface area contributed by atoms with Crippen LogP contribution in [0.1, 0.15) is 35.7 Å². The third-order valence-electron chi connectivity index (χ3n) is 3.59. The molecule has 0 radical (unpaired) electrons. The van der Waals surface area contributed by atoms with Gasteiger partial charge in [0.25, 0.3) is 0 Å². The first-order valence-corrected chi connectivity index (χ1v) is 8.83. The number of esters is 1. The quantitative estimate of drug-likeness (QED) is 0.540. The average molecular weight is 376 g/mol. The average Bonchev–Trinajstić information content (AvgIpc) is 2.62. The van der Waals surface area contributed by atoms with Crippen LogP contribution >= 0.6 is 11.6 Å². The molecule has 1 amide bonds. The zero-order chi connectivity index (χ0) is 18.9. The van der Waals surface area contributed by atoms with Gasteiger partial charge in [-0.15, -0.1) is 0 Å². The number of anilines is 1. The summed E-state index contributed by atoms with van der Waals surface area (Å²) in [4.78, 5) is 23.7. The van der Waals surface area contributed by atoms with Crippen molar-refractivity contribution >= 4 is 29.2 Å². The smallest absolute Gasteiger partial charge is 0.338 e. The minimum atomic E-state index is -0.444. The summed E-state index contributed by atoms with van der Waals surface area (Å²) in [5, 5.41) is 3.03. The third-order valence-corrected chi connectivity index (χ3v) is 3.90. The summed E-state index contributed by atoms with van der Waals surface area (Å²) in [5.41, 5.74) is 1.98. The molecule has 0 aliphatic rings. The van der Waals surface area contributed by atoms with Crippen molar-refractivity contribution in [2.75, 3.05) is 18.5 Å². The molecule has 2 aromatic carbocycles. The van der Waals surface area contributed by atoms with Crippen molar-refractivity contribution in [1.82, 2.24) is 0 Å². The Morgan fingerprint density at radius 3 is 2.50 bits per heavy atom. The van der Waals surface area contributed by atoms with Gasteiger partial charge in [-0.25, -0.2) is 4.79 Å². The number of nitrogens with one attached hydrogen (secondary N) is 1. The Morgan fingerprint density at radius 2 is 1.85 bits per heavy atom. The van der Waals surface area contributed by atoms with Crippen molar-refractivity contribution < 1.29 is 19.1 Å².